The Kier molecular flexibility index (Phi) is 10.4. The molecule has 4 rings (SSSR count). The molecule has 0 spiro atoms. The van der Waals surface area contributed by atoms with Crippen molar-refractivity contribution in [2.24, 2.45) is 0 Å². The van der Waals surface area contributed by atoms with Crippen LogP contribution in [0.4, 0.5) is 0 Å². The van der Waals surface area contributed by atoms with Crippen LogP contribution < -0.4 is 14.2 Å². The minimum atomic E-state index is -0.0660. The van der Waals surface area contributed by atoms with E-state index in [9.17, 15) is 15.0 Å². The molecule has 0 aliphatic rings. The first kappa shape index (κ1) is 29.1. The number of carbonyl (C=O) groups excluding carboxylic acids is 1. The molecule has 0 bridgehead atoms. The van der Waals surface area contributed by atoms with Crippen molar-refractivity contribution in [1.29, 1.82) is 0 Å². The van der Waals surface area contributed by atoms with Crippen LogP contribution in [0.25, 0.3) is 16.7 Å². The number of carbonyl (C=O) groups is 1. The van der Waals surface area contributed by atoms with E-state index in [0.717, 1.165) is 33.8 Å². The Bertz CT molecular complexity index is 1410. The Morgan fingerprint density at radius 1 is 0.923 bits per heavy atom. The molecule has 0 radical (unpaired) electrons. The van der Waals surface area contributed by atoms with Crippen molar-refractivity contribution in [2.45, 2.75) is 26.7 Å². The third-order valence-electron chi connectivity index (χ3n) is 5.94. The van der Waals surface area contributed by atoms with Gasteiger partial charge in [-0.05, 0) is 73.5 Å². The third kappa shape index (κ3) is 7.55. The topological polar surface area (TPSA) is 112 Å². The lowest BCUT2D eigenvalue weighted by Crippen LogP contribution is -1.94. The number of aryl methyl sites for hydroxylation is 2. The van der Waals surface area contributed by atoms with Crippen molar-refractivity contribution in [2.75, 3.05) is 27.9 Å². The molecule has 39 heavy (non-hydrogen) atoms. The maximum absolute atomic E-state index is 11.0. The van der Waals surface area contributed by atoms with Crippen molar-refractivity contribution >= 4 is 11.4 Å². The van der Waals surface area contributed by atoms with Gasteiger partial charge in [0.15, 0.2) is 23.0 Å². The molecule has 2 aromatic carbocycles. The number of aliphatic hydroxyl groups excluding tert-OH is 1. The highest BCUT2D eigenvalue weighted by Crippen LogP contribution is 2.34. The van der Waals surface area contributed by atoms with Crippen LogP contribution in [0.5, 0.6) is 23.0 Å². The largest absolute Gasteiger partial charge is 0.504 e. The van der Waals surface area contributed by atoms with E-state index in [1.165, 1.54) is 7.11 Å². The number of ether oxygens (including phenoxy) is 3. The van der Waals surface area contributed by atoms with Crippen molar-refractivity contribution in [3.05, 3.63) is 89.8 Å². The number of hydrogen-bond acceptors (Lipinski definition) is 8. The molecule has 0 fully saturated rings. The van der Waals surface area contributed by atoms with Crippen molar-refractivity contribution < 1.29 is 38.1 Å². The Balaban J connectivity index is 0.000000216. The number of benzene rings is 2. The first-order valence-electron chi connectivity index (χ1n) is 12.3. The number of phenolic OH excluding ortho intramolecular Hbond substituents is 1. The van der Waals surface area contributed by atoms with Crippen LogP contribution in [0.15, 0.2) is 75.8 Å². The fraction of sp³-hybridized carbons (Fsp3) is 0.258. The SMILES string of the molecule is COc1cc(-c2ccoc2CCC(C)=O)ccc1O.COc1ccc(C(=CCO)c2ccc(C)o2)cc1OC. The Hall–Kier alpha value is -4.43. The summed E-state index contributed by atoms with van der Waals surface area (Å²) in [5.41, 5.74) is 3.52. The summed E-state index contributed by atoms with van der Waals surface area (Å²) < 4.78 is 26.7. The molecule has 8 nitrogen and oxygen atoms in total. The smallest absolute Gasteiger partial charge is 0.161 e. The first-order valence-corrected chi connectivity index (χ1v) is 12.3. The van der Waals surface area contributed by atoms with Crippen LogP contribution in [0, 0.1) is 6.92 Å². The minimum absolute atomic E-state index is 0.0660. The summed E-state index contributed by atoms with van der Waals surface area (Å²) in [6.45, 7) is 3.38. The number of methoxy groups -OCH3 is 3. The van der Waals surface area contributed by atoms with Crippen LogP contribution in [0.2, 0.25) is 0 Å². The zero-order valence-electron chi connectivity index (χ0n) is 22.8. The van der Waals surface area contributed by atoms with Gasteiger partial charge in [0.05, 0.1) is 34.2 Å². The van der Waals surface area contributed by atoms with Gasteiger partial charge in [-0.3, -0.25) is 0 Å². The van der Waals surface area contributed by atoms with Crippen molar-refractivity contribution in [3.63, 3.8) is 0 Å². The molecule has 0 aliphatic carbocycles. The predicted molar refractivity (Wildman–Crippen MR) is 149 cm³/mol. The van der Waals surface area contributed by atoms with Crippen LogP contribution in [0.1, 0.15) is 36.2 Å². The van der Waals surface area contributed by atoms with Crippen molar-refractivity contribution in [1.82, 2.24) is 0 Å². The summed E-state index contributed by atoms with van der Waals surface area (Å²) in [6.07, 6.45) is 4.33. The maximum atomic E-state index is 11.0. The molecule has 0 unspecified atom stereocenters. The molecule has 0 amide bonds. The normalized spacial score (nSPS) is 11.0. The van der Waals surface area contributed by atoms with E-state index in [0.29, 0.717) is 35.9 Å². The molecule has 2 aromatic heterocycles. The van der Waals surface area contributed by atoms with Crippen molar-refractivity contribution in [3.8, 4) is 34.1 Å². The molecular formula is C31H34O8. The van der Waals surface area contributed by atoms with Gasteiger partial charge in [0.25, 0.3) is 0 Å². The summed E-state index contributed by atoms with van der Waals surface area (Å²) in [4.78, 5) is 11.0. The first-order chi connectivity index (χ1) is 18.8. The molecular weight excluding hydrogens is 500 g/mol. The van der Waals surface area contributed by atoms with E-state index in [1.807, 2.05) is 43.3 Å². The van der Waals surface area contributed by atoms with E-state index >= 15 is 0 Å². The Morgan fingerprint density at radius 3 is 2.28 bits per heavy atom. The second-order valence-electron chi connectivity index (χ2n) is 8.63. The number of phenols is 1. The number of aromatic hydroxyl groups is 1. The molecule has 0 saturated carbocycles. The summed E-state index contributed by atoms with van der Waals surface area (Å²) in [5.74, 6) is 4.24. The van der Waals surface area contributed by atoms with Gasteiger partial charge in [0.1, 0.15) is 23.1 Å². The monoisotopic (exact) mass is 534 g/mol. The van der Waals surface area contributed by atoms with E-state index < -0.39 is 0 Å². The zero-order valence-corrected chi connectivity index (χ0v) is 22.8. The average Bonchev–Trinajstić information content (AvgIpc) is 3.59. The van der Waals surface area contributed by atoms with Gasteiger partial charge in [-0.25, -0.2) is 0 Å². The molecule has 2 N–H and O–H groups in total. The fourth-order valence-corrected chi connectivity index (χ4v) is 3.96. The highest BCUT2D eigenvalue weighted by Gasteiger charge is 2.13. The lowest BCUT2D eigenvalue weighted by atomic mass is 10.0. The van der Waals surface area contributed by atoms with Gasteiger partial charge < -0.3 is 38.1 Å². The van der Waals surface area contributed by atoms with Gasteiger partial charge in [-0.1, -0.05) is 12.1 Å². The third-order valence-corrected chi connectivity index (χ3v) is 5.94. The summed E-state index contributed by atoms with van der Waals surface area (Å²) in [5, 5.41) is 18.8. The number of aliphatic hydroxyl groups is 1. The van der Waals surface area contributed by atoms with E-state index in [4.69, 9.17) is 23.0 Å². The van der Waals surface area contributed by atoms with E-state index in [2.05, 4.69) is 0 Å². The number of hydrogen-bond donors (Lipinski definition) is 2. The summed E-state index contributed by atoms with van der Waals surface area (Å²) in [6, 6.07) is 16.3. The number of Topliss-reactive ketones (excluding diaryl/α,β-unsaturated/α-hetero) is 1. The quantitative estimate of drug-likeness (QED) is 0.247. The molecule has 206 valence electrons. The van der Waals surface area contributed by atoms with Crippen LogP contribution in [-0.4, -0.2) is 43.9 Å². The molecule has 4 aromatic rings. The Labute approximate surface area is 228 Å². The van der Waals surface area contributed by atoms with E-state index in [-0.39, 0.29) is 18.1 Å². The fourth-order valence-electron chi connectivity index (χ4n) is 3.96. The Morgan fingerprint density at radius 2 is 1.67 bits per heavy atom. The average molecular weight is 535 g/mol. The number of furan rings is 2. The van der Waals surface area contributed by atoms with Gasteiger partial charge in [0.2, 0.25) is 0 Å². The predicted octanol–water partition coefficient (Wildman–Crippen LogP) is 6.21. The highest BCUT2D eigenvalue weighted by atomic mass is 16.5. The second kappa shape index (κ2) is 13.9. The highest BCUT2D eigenvalue weighted by molar-refractivity contribution is 5.78. The molecule has 0 aliphatic heterocycles. The van der Waals surface area contributed by atoms with Gasteiger partial charge in [-0.2, -0.15) is 0 Å². The summed E-state index contributed by atoms with van der Waals surface area (Å²) >= 11 is 0. The number of ketones is 1. The van der Waals surface area contributed by atoms with Gasteiger partial charge >= 0.3 is 0 Å². The maximum Gasteiger partial charge on any atom is 0.161 e. The lowest BCUT2D eigenvalue weighted by Gasteiger charge is -2.11. The minimum Gasteiger partial charge on any atom is -0.504 e. The second-order valence-corrected chi connectivity index (χ2v) is 8.63. The summed E-state index contributed by atoms with van der Waals surface area (Å²) in [7, 11) is 4.69. The lowest BCUT2D eigenvalue weighted by molar-refractivity contribution is -0.117. The van der Waals surface area contributed by atoms with Crippen LogP contribution >= 0.6 is 0 Å². The zero-order chi connectivity index (χ0) is 28.4. The van der Waals surface area contributed by atoms with Crippen LogP contribution in [0.3, 0.4) is 0 Å². The standard InChI is InChI=1S/C16H18O4.C15H16O4/c1-11-4-6-14(20-11)13(8-9-17)12-5-7-15(18-2)16(10-12)19-3;1-10(16)3-6-14-12(7-8-19-14)11-4-5-13(17)15(9-11)18-2/h4-8,10,17H,9H2,1-3H3;4-5,7-9,17H,3,6H2,1-2H3. The van der Waals surface area contributed by atoms with E-state index in [1.54, 1.807) is 51.7 Å². The molecule has 0 saturated heterocycles. The molecule has 0 atom stereocenters. The molecule has 8 heteroatoms. The van der Waals surface area contributed by atoms with Gasteiger partial charge in [0, 0.05) is 24.0 Å². The number of rotatable bonds is 10. The molecule has 2 heterocycles. The van der Waals surface area contributed by atoms with Gasteiger partial charge in [-0.15, -0.1) is 0 Å². The van der Waals surface area contributed by atoms with Crippen LogP contribution in [-0.2, 0) is 11.2 Å².